The zero-order chi connectivity index (χ0) is 20.7. The monoisotopic (exact) mass is 410 g/mol. The average molecular weight is 410 g/mol. The summed E-state index contributed by atoms with van der Waals surface area (Å²) in [6.45, 7) is 3.00. The Bertz CT molecular complexity index is 807. The van der Waals surface area contributed by atoms with Gasteiger partial charge in [0.2, 0.25) is 5.91 Å². The average Bonchev–Trinajstić information content (AvgIpc) is 2.96. The maximum atomic E-state index is 12.3. The van der Waals surface area contributed by atoms with E-state index < -0.39 is 40.4 Å². The van der Waals surface area contributed by atoms with Crippen molar-refractivity contribution in [3.8, 4) is 0 Å². The van der Waals surface area contributed by atoms with Gasteiger partial charge in [0.15, 0.2) is 16.4 Å². The van der Waals surface area contributed by atoms with Crippen LogP contribution in [0.3, 0.4) is 0 Å². The molecule has 0 bridgehead atoms. The molecule has 2 amide bonds. The van der Waals surface area contributed by atoms with Crippen LogP contribution in [0.1, 0.15) is 25.8 Å². The number of ether oxygens (including phenoxy) is 1. The molecule has 8 nitrogen and oxygen atoms in total. The Morgan fingerprint density at radius 1 is 1.14 bits per heavy atom. The third-order valence-electron chi connectivity index (χ3n) is 4.39. The van der Waals surface area contributed by atoms with E-state index in [1.54, 1.807) is 13.8 Å². The highest BCUT2D eigenvalue weighted by molar-refractivity contribution is 7.91. The maximum Gasteiger partial charge on any atom is 0.329 e. The lowest BCUT2D eigenvalue weighted by Crippen LogP contribution is -2.47. The van der Waals surface area contributed by atoms with E-state index in [1.165, 1.54) is 0 Å². The first kappa shape index (κ1) is 21.9. The standard InChI is InChI=1S/C19H26N2O6S/c1-13(2)18(21-16(22)10-14-6-4-3-5-7-14)19(24)27-11-17(23)20-15-8-9-28(25,26)12-15/h3-7,13,15,18H,8-12H2,1-2H3,(H,20,23)(H,21,22)/t15-,18+/m1/s1. The van der Waals surface area contributed by atoms with E-state index in [2.05, 4.69) is 10.6 Å². The molecule has 1 saturated heterocycles. The minimum Gasteiger partial charge on any atom is -0.454 e. The van der Waals surface area contributed by atoms with E-state index in [9.17, 15) is 22.8 Å². The summed E-state index contributed by atoms with van der Waals surface area (Å²) in [6.07, 6.45) is 0.486. The van der Waals surface area contributed by atoms with Crippen LogP contribution in [0.25, 0.3) is 0 Å². The van der Waals surface area contributed by atoms with E-state index >= 15 is 0 Å². The highest BCUT2D eigenvalue weighted by Gasteiger charge is 2.30. The Labute approximate surface area is 164 Å². The second-order valence-corrected chi connectivity index (χ2v) is 9.46. The Morgan fingerprint density at radius 2 is 1.82 bits per heavy atom. The van der Waals surface area contributed by atoms with Gasteiger partial charge in [-0.3, -0.25) is 9.59 Å². The maximum absolute atomic E-state index is 12.3. The summed E-state index contributed by atoms with van der Waals surface area (Å²) in [5.41, 5.74) is 0.821. The third kappa shape index (κ3) is 6.95. The number of rotatable bonds is 8. The minimum atomic E-state index is -3.11. The largest absolute Gasteiger partial charge is 0.454 e. The van der Waals surface area contributed by atoms with Crippen LogP contribution in [0.5, 0.6) is 0 Å². The van der Waals surface area contributed by atoms with Crippen molar-refractivity contribution in [1.82, 2.24) is 10.6 Å². The van der Waals surface area contributed by atoms with E-state index in [1.807, 2.05) is 30.3 Å². The number of carbonyl (C=O) groups is 3. The van der Waals surface area contributed by atoms with E-state index in [4.69, 9.17) is 4.74 Å². The molecule has 1 aromatic rings. The van der Waals surface area contributed by atoms with Gasteiger partial charge in [0, 0.05) is 6.04 Å². The molecule has 0 unspecified atom stereocenters. The molecule has 0 aliphatic carbocycles. The van der Waals surface area contributed by atoms with Gasteiger partial charge in [-0.15, -0.1) is 0 Å². The fourth-order valence-electron chi connectivity index (χ4n) is 2.91. The number of nitrogens with one attached hydrogen (secondary N) is 2. The molecule has 2 atom stereocenters. The van der Waals surface area contributed by atoms with Crippen LogP contribution < -0.4 is 10.6 Å². The smallest absolute Gasteiger partial charge is 0.329 e. The Hall–Kier alpha value is -2.42. The van der Waals surface area contributed by atoms with Gasteiger partial charge < -0.3 is 15.4 Å². The molecule has 0 saturated carbocycles. The summed E-state index contributed by atoms with van der Waals surface area (Å²) >= 11 is 0. The van der Waals surface area contributed by atoms with Crippen molar-refractivity contribution < 1.29 is 27.5 Å². The van der Waals surface area contributed by atoms with E-state index in [0.29, 0.717) is 6.42 Å². The van der Waals surface area contributed by atoms with Gasteiger partial charge in [-0.05, 0) is 17.9 Å². The van der Waals surface area contributed by atoms with Gasteiger partial charge in [0.05, 0.1) is 17.9 Å². The van der Waals surface area contributed by atoms with Crippen molar-refractivity contribution >= 4 is 27.6 Å². The molecule has 2 N–H and O–H groups in total. The minimum absolute atomic E-state index is 0.0423. The number of carbonyl (C=O) groups excluding carboxylic acids is 3. The third-order valence-corrected chi connectivity index (χ3v) is 6.16. The molecule has 0 aromatic heterocycles. The highest BCUT2D eigenvalue weighted by atomic mass is 32.2. The summed E-state index contributed by atoms with van der Waals surface area (Å²) in [7, 11) is -3.11. The van der Waals surface area contributed by atoms with Crippen LogP contribution in [0.2, 0.25) is 0 Å². The Kier molecular flexibility index (Phi) is 7.56. The Balaban J connectivity index is 1.81. The molecule has 1 aliphatic rings. The van der Waals surface area contributed by atoms with Gasteiger partial charge in [0.1, 0.15) is 6.04 Å². The summed E-state index contributed by atoms with van der Waals surface area (Å²) in [4.78, 5) is 36.4. The predicted octanol–water partition coefficient (Wildman–Crippen LogP) is 0.216. The van der Waals surface area contributed by atoms with Crippen molar-refractivity contribution in [3.05, 3.63) is 35.9 Å². The molecule has 1 aliphatic heterocycles. The second kappa shape index (κ2) is 9.68. The fraction of sp³-hybridized carbons (Fsp3) is 0.526. The molecule has 28 heavy (non-hydrogen) atoms. The van der Waals surface area contributed by atoms with Crippen LogP contribution in [0.4, 0.5) is 0 Å². The van der Waals surface area contributed by atoms with Crippen molar-refractivity contribution in [2.24, 2.45) is 5.92 Å². The number of amides is 2. The summed E-state index contributed by atoms with van der Waals surface area (Å²) in [6, 6.07) is 7.79. The molecule has 1 aromatic carbocycles. The van der Waals surface area contributed by atoms with Crippen molar-refractivity contribution in [2.75, 3.05) is 18.1 Å². The lowest BCUT2D eigenvalue weighted by molar-refractivity contribution is -0.152. The lowest BCUT2D eigenvalue weighted by atomic mass is 10.0. The molecule has 154 valence electrons. The second-order valence-electron chi connectivity index (χ2n) is 7.23. The van der Waals surface area contributed by atoms with Gasteiger partial charge in [-0.25, -0.2) is 13.2 Å². The summed E-state index contributed by atoms with van der Waals surface area (Å²) in [5.74, 6) is -1.87. The number of hydrogen-bond acceptors (Lipinski definition) is 6. The zero-order valence-electron chi connectivity index (χ0n) is 16.0. The molecule has 1 fully saturated rings. The van der Waals surface area contributed by atoms with Gasteiger partial charge >= 0.3 is 5.97 Å². The highest BCUT2D eigenvalue weighted by Crippen LogP contribution is 2.11. The topological polar surface area (TPSA) is 119 Å². The first-order valence-corrected chi connectivity index (χ1v) is 11.0. The first-order valence-electron chi connectivity index (χ1n) is 9.16. The fourth-order valence-corrected chi connectivity index (χ4v) is 4.58. The number of hydrogen-bond donors (Lipinski definition) is 2. The van der Waals surface area contributed by atoms with E-state index in [-0.39, 0.29) is 29.8 Å². The zero-order valence-corrected chi connectivity index (χ0v) is 16.8. The number of esters is 1. The lowest BCUT2D eigenvalue weighted by Gasteiger charge is -2.21. The van der Waals surface area contributed by atoms with Crippen molar-refractivity contribution in [2.45, 2.75) is 38.8 Å². The normalized spacial score (nSPS) is 19.0. The summed E-state index contributed by atoms with van der Waals surface area (Å²) < 4.78 is 27.8. The molecule has 9 heteroatoms. The van der Waals surface area contributed by atoms with Crippen molar-refractivity contribution in [1.29, 1.82) is 0 Å². The Morgan fingerprint density at radius 3 is 2.39 bits per heavy atom. The van der Waals surface area contributed by atoms with Gasteiger partial charge in [0.25, 0.3) is 5.91 Å². The number of sulfone groups is 1. The molecule has 2 rings (SSSR count). The predicted molar refractivity (Wildman–Crippen MR) is 103 cm³/mol. The molecule has 1 heterocycles. The van der Waals surface area contributed by atoms with Crippen LogP contribution in [0.15, 0.2) is 30.3 Å². The molecular weight excluding hydrogens is 384 g/mol. The number of benzene rings is 1. The quantitative estimate of drug-likeness (QED) is 0.592. The first-order chi connectivity index (χ1) is 13.2. The van der Waals surface area contributed by atoms with Crippen LogP contribution in [-0.2, 0) is 35.4 Å². The SMILES string of the molecule is CC(C)[C@H](NC(=O)Cc1ccccc1)C(=O)OCC(=O)N[C@@H]1CCS(=O)(=O)C1. The van der Waals surface area contributed by atoms with E-state index in [0.717, 1.165) is 5.56 Å². The van der Waals surface area contributed by atoms with Crippen molar-refractivity contribution in [3.63, 3.8) is 0 Å². The van der Waals surface area contributed by atoms with Crippen LogP contribution >= 0.6 is 0 Å². The van der Waals surface area contributed by atoms with Gasteiger partial charge in [-0.2, -0.15) is 0 Å². The van der Waals surface area contributed by atoms with Gasteiger partial charge in [-0.1, -0.05) is 44.2 Å². The molecule has 0 spiro atoms. The molecular formula is C19H26N2O6S. The van der Waals surface area contributed by atoms with Crippen LogP contribution in [-0.4, -0.2) is 56.4 Å². The summed E-state index contributed by atoms with van der Waals surface area (Å²) in [5, 5.41) is 5.20. The molecule has 0 radical (unpaired) electrons. The van der Waals surface area contributed by atoms with Crippen LogP contribution in [0, 0.1) is 5.92 Å².